The van der Waals surface area contributed by atoms with Crippen LogP contribution in [0, 0.1) is 0 Å². The lowest BCUT2D eigenvalue weighted by atomic mass is 10.4. The van der Waals surface area contributed by atoms with Gasteiger partial charge in [0.25, 0.3) is 5.91 Å². The molecule has 0 saturated carbocycles. The van der Waals surface area contributed by atoms with Crippen molar-refractivity contribution < 1.29 is 4.79 Å². The molecule has 0 aliphatic rings. The number of amides is 1. The highest BCUT2D eigenvalue weighted by atomic mass is 16.1. The maximum atomic E-state index is 10.9. The van der Waals surface area contributed by atoms with E-state index >= 15 is 0 Å². The van der Waals surface area contributed by atoms with E-state index in [9.17, 15) is 4.79 Å². The molecule has 5 heteroatoms. The maximum absolute atomic E-state index is 10.9. The molecule has 1 aromatic rings. The molecular formula is C5H8N4O. The zero-order valence-electron chi connectivity index (χ0n) is 5.59. The fourth-order valence-corrected chi connectivity index (χ4v) is 0.562. The van der Waals surface area contributed by atoms with Crippen LogP contribution in [0.3, 0.4) is 0 Å². The molecule has 2 N–H and O–H groups in total. The van der Waals surface area contributed by atoms with Crippen molar-refractivity contribution in [3.63, 3.8) is 0 Å². The summed E-state index contributed by atoms with van der Waals surface area (Å²) in [6.07, 6.45) is 1.38. The number of carbonyl (C=O) groups excluding carboxylic acids is 1. The molecular weight excluding hydrogens is 132 g/mol. The van der Waals surface area contributed by atoms with Crippen LogP contribution in [0.5, 0.6) is 0 Å². The number of rotatable bonds is 2. The minimum atomic E-state index is -0.198. The van der Waals surface area contributed by atoms with Gasteiger partial charge < -0.3 is 5.32 Å². The van der Waals surface area contributed by atoms with Crippen LogP contribution in [-0.2, 0) is 0 Å². The summed E-state index contributed by atoms with van der Waals surface area (Å²) in [6.45, 7) is 2.45. The number of nitrogens with one attached hydrogen (secondary N) is 2. The number of aromatic nitrogens is 3. The lowest BCUT2D eigenvalue weighted by Crippen LogP contribution is -2.22. The molecule has 0 fully saturated rings. The average Bonchev–Trinajstić information content (AvgIpc) is 2.38. The van der Waals surface area contributed by atoms with Crippen LogP contribution in [0.25, 0.3) is 0 Å². The third-order valence-electron chi connectivity index (χ3n) is 0.985. The van der Waals surface area contributed by atoms with Gasteiger partial charge in [-0.05, 0) is 6.92 Å². The average molecular weight is 140 g/mol. The number of carbonyl (C=O) groups is 1. The first-order valence-electron chi connectivity index (χ1n) is 2.98. The molecule has 0 unspecified atom stereocenters. The van der Waals surface area contributed by atoms with Gasteiger partial charge in [-0.25, -0.2) is 0 Å². The summed E-state index contributed by atoms with van der Waals surface area (Å²) in [7, 11) is 0. The van der Waals surface area contributed by atoms with Crippen LogP contribution in [0.15, 0.2) is 6.20 Å². The smallest absolute Gasteiger partial charge is 0.273 e. The Hall–Kier alpha value is -1.39. The molecule has 0 aliphatic heterocycles. The van der Waals surface area contributed by atoms with Gasteiger partial charge in [-0.15, -0.1) is 0 Å². The van der Waals surface area contributed by atoms with E-state index in [1.807, 2.05) is 6.92 Å². The summed E-state index contributed by atoms with van der Waals surface area (Å²) in [6, 6.07) is 0. The zero-order valence-corrected chi connectivity index (χ0v) is 5.59. The van der Waals surface area contributed by atoms with E-state index < -0.39 is 0 Å². The van der Waals surface area contributed by atoms with Crippen LogP contribution in [0.1, 0.15) is 17.4 Å². The first-order chi connectivity index (χ1) is 4.84. The molecule has 1 heterocycles. The highest BCUT2D eigenvalue weighted by Gasteiger charge is 2.04. The Morgan fingerprint density at radius 3 is 3.20 bits per heavy atom. The molecule has 0 bridgehead atoms. The van der Waals surface area contributed by atoms with E-state index in [2.05, 4.69) is 20.7 Å². The molecule has 1 rings (SSSR count). The molecule has 0 aliphatic carbocycles. The number of H-pyrrole nitrogens is 1. The molecule has 0 spiro atoms. The Labute approximate surface area is 57.8 Å². The Bertz CT molecular complexity index is 205. The molecule has 1 amide bonds. The molecule has 54 valence electrons. The van der Waals surface area contributed by atoms with E-state index in [-0.39, 0.29) is 5.91 Å². The van der Waals surface area contributed by atoms with Crippen LogP contribution in [0.2, 0.25) is 0 Å². The fourth-order valence-electron chi connectivity index (χ4n) is 0.562. The van der Waals surface area contributed by atoms with Crippen LogP contribution in [0.4, 0.5) is 0 Å². The van der Waals surface area contributed by atoms with Crippen molar-refractivity contribution in [3.05, 3.63) is 11.9 Å². The van der Waals surface area contributed by atoms with Crippen molar-refractivity contribution in [1.29, 1.82) is 0 Å². The minimum Gasteiger partial charge on any atom is -0.351 e. The van der Waals surface area contributed by atoms with Crippen molar-refractivity contribution in [3.8, 4) is 0 Å². The van der Waals surface area contributed by atoms with Crippen molar-refractivity contribution >= 4 is 5.91 Å². The summed E-state index contributed by atoms with van der Waals surface area (Å²) in [5.74, 6) is -0.198. The highest BCUT2D eigenvalue weighted by Crippen LogP contribution is 1.85. The predicted molar refractivity (Wildman–Crippen MR) is 34.4 cm³/mol. The van der Waals surface area contributed by atoms with Gasteiger partial charge in [0.2, 0.25) is 0 Å². The molecule has 0 aromatic carbocycles. The van der Waals surface area contributed by atoms with E-state index in [4.69, 9.17) is 0 Å². The van der Waals surface area contributed by atoms with Crippen LogP contribution < -0.4 is 5.32 Å². The topological polar surface area (TPSA) is 70.7 Å². The van der Waals surface area contributed by atoms with Gasteiger partial charge in [-0.1, -0.05) is 0 Å². The third-order valence-corrected chi connectivity index (χ3v) is 0.985. The Morgan fingerprint density at radius 2 is 2.70 bits per heavy atom. The summed E-state index contributed by atoms with van der Waals surface area (Å²) in [4.78, 5) is 10.9. The zero-order chi connectivity index (χ0) is 7.40. The van der Waals surface area contributed by atoms with Crippen LogP contribution in [-0.4, -0.2) is 27.9 Å². The number of hydrogen-bond donors (Lipinski definition) is 2. The molecule has 5 nitrogen and oxygen atoms in total. The largest absolute Gasteiger partial charge is 0.351 e. The summed E-state index contributed by atoms with van der Waals surface area (Å²) in [5, 5.41) is 12.0. The maximum Gasteiger partial charge on any atom is 0.273 e. The SMILES string of the molecule is CCNC(=O)c1cn[nH]n1. The number of nitrogens with zero attached hydrogens (tertiary/aromatic N) is 2. The summed E-state index contributed by atoms with van der Waals surface area (Å²) >= 11 is 0. The van der Waals surface area contributed by atoms with Gasteiger partial charge in [0.15, 0.2) is 5.69 Å². The van der Waals surface area contributed by atoms with E-state index in [0.717, 1.165) is 0 Å². The molecule has 0 atom stereocenters. The monoisotopic (exact) mass is 140 g/mol. The summed E-state index contributed by atoms with van der Waals surface area (Å²) in [5.41, 5.74) is 0.321. The van der Waals surface area contributed by atoms with E-state index in [1.165, 1.54) is 6.20 Å². The second-order valence-corrected chi connectivity index (χ2v) is 1.71. The van der Waals surface area contributed by atoms with Crippen molar-refractivity contribution in [2.75, 3.05) is 6.54 Å². The van der Waals surface area contributed by atoms with Crippen molar-refractivity contribution in [1.82, 2.24) is 20.7 Å². The van der Waals surface area contributed by atoms with E-state index in [1.54, 1.807) is 0 Å². The lowest BCUT2D eigenvalue weighted by Gasteiger charge is -1.94. The van der Waals surface area contributed by atoms with Crippen LogP contribution >= 0.6 is 0 Å². The quantitative estimate of drug-likeness (QED) is 0.584. The van der Waals surface area contributed by atoms with Crippen molar-refractivity contribution in [2.24, 2.45) is 0 Å². The first-order valence-corrected chi connectivity index (χ1v) is 2.98. The Balaban J connectivity index is 2.59. The van der Waals surface area contributed by atoms with Gasteiger partial charge in [0.1, 0.15) is 0 Å². The second-order valence-electron chi connectivity index (χ2n) is 1.71. The Morgan fingerprint density at radius 1 is 1.90 bits per heavy atom. The minimum absolute atomic E-state index is 0.198. The molecule has 0 saturated heterocycles. The van der Waals surface area contributed by atoms with Crippen molar-refractivity contribution in [2.45, 2.75) is 6.92 Å². The highest BCUT2D eigenvalue weighted by molar-refractivity contribution is 5.91. The molecule has 1 aromatic heterocycles. The number of aromatic amines is 1. The Kier molecular flexibility index (Phi) is 1.99. The first kappa shape index (κ1) is 6.73. The van der Waals surface area contributed by atoms with Gasteiger partial charge in [0, 0.05) is 6.54 Å². The van der Waals surface area contributed by atoms with E-state index in [0.29, 0.717) is 12.2 Å². The standard InChI is InChI=1S/C5H8N4O/c1-2-6-5(10)4-3-7-9-8-4/h3H,2H2,1H3,(H,6,10)(H,7,8,9). The number of hydrogen-bond acceptors (Lipinski definition) is 3. The third kappa shape index (κ3) is 1.31. The lowest BCUT2D eigenvalue weighted by molar-refractivity contribution is 0.0951. The van der Waals surface area contributed by atoms with Gasteiger partial charge in [0.05, 0.1) is 6.20 Å². The predicted octanol–water partition coefficient (Wildman–Crippen LogP) is -0.446. The molecule has 0 radical (unpaired) electrons. The molecule has 10 heavy (non-hydrogen) atoms. The van der Waals surface area contributed by atoms with Gasteiger partial charge in [-0.2, -0.15) is 15.4 Å². The summed E-state index contributed by atoms with van der Waals surface area (Å²) < 4.78 is 0. The second kappa shape index (κ2) is 2.95. The van der Waals surface area contributed by atoms with Gasteiger partial charge >= 0.3 is 0 Å². The fraction of sp³-hybridized carbons (Fsp3) is 0.400. The van der Waals surface area contributed by atoms with Gasteiger partial charge in [-0.3, -0.25) is 4.79 Å². The normalized spacial score (nSPS) is 9.30.